The minimum absolute atomic E-state index is 0.0851. The molecule has 0 radical (unpaired) electrons. The van der Waals surface area contributed by atoms with E-state index in [9.17, 15) is 4.79 Å². The molecule has 5 rings (SSSR count). The molecule has 0 atom stereocenters. The fraction of sp³-hybridized carbons (Fsp3) is 0.318. The van der Waals surface area contributed by atoms with Crippen molar-refractivity contribution >= 4 is 11.6 Å². The van der Waals surface area contributed by atoms with Crippen molar-refractivity contribution in [2.75, 3.05) is 11.4 Å². The smallest absolute Gasteiger partial charge is 0.258 e. The Morgan fingerprint density at radius 2 is 1.81 bits per heavy atom. The molecule has 0 bridgehead atoms. The van der Waals surface area contributed by atoms with E-state index in [1.54, 1.807) is 11.0 Å². The van der Waals surface area contributed by atoms with Crippen LogP contribution >= 0.6 is 0 Å². The van der Waals surface area contributed by atoms with Gasteiger partial charge in [-0.05, 0) is 36.1 Å². The van der Waals surface area contributed by atoms with Gasteiger partial charge < -0.3 is 4.90 Å². The van der Waals surface area contributed by atoms with Crippen molar-refractivity contribution in [3.8, 4) is 0 Å². The van der Waals surface area contributed by atoms with Gasteiger partial charge in [0.05, 0.1) is 6.54 Å². The first kappa shape index (κ1) is 16.2. The molecule has 2 aromatic carbocycles. The molecule has 5 heteroatoms. The molecule has 1 aromatic heterocycles. The Hall–Kier alpha value is -2.95. The standard InChI is InChI=1S/C22H22N4O/c27-21(18-8-2-1-7-17(18)13-25-16-23-15-24-25)26-14-22(11-5-6-12-22)19-9-3-4-10-20(19)26/h1-4,7-10,15-16H,5-6,11-14H2. The number of para-hydroxylation sites is 1. The van der Waals surface area contributed by atoms with Crippen LogP contribution < -0.4 is 4.90 Å². The fourth-order valence-electron chi connectivity index (χ4n) is 4.79. The lowest BCUT2D eigenvalue weighted by Gasteiger charge is -2.25. The van der Waals surface area contributed by atoms with Crippen LogP contribution in [-0.4, -0.2) is 27.2 Å². The van der Waals surface area contributed by atoms with Crippen LogP contribution in [0.15, 0.2) is 61.2 Å². The molecule has 1 amide bonds. The zero-order valence-corrected chi connectivity index (χ0v) is 15.2. The minimum atomic E-state index is 0.0851. The highest BCUT2D eigenvalue weighted by Crippen LogP contribution is 2.50. The number of carbonyl (C=O) groups is 1. The number of carbonyl (C=O) groups excluding carboxylic acids is 1. The van der Waals surface area contributed by atoms with Gasteiger partial charge in [-0.3, -0.25) is 4.79 Å². The third-order valence-corrected chi connectivity index (χ3v) is 6.08. The second kappa shape index (κ2) is 6.34. The van der Waals surface area contributed by atoms with Crippen molar-refractivity contribution in [1.82, 2.24) is 14.8 Å². The number of benzene rings is 2. The number of amides is 1. The van der Waals surface area contributed by atoms with Gasteiger partial charge in [0.2, 0.25) is 0 Å². The molecule has 1 aliphatic heterocycles. The number of aromatic nitrogens is 3. The molecule has 2 aliphatic rings. The van der Waals surface area contributed by atoms with Crippen LogP contribution in [-0.2, 0) is 12.0 Å². The maximum atomic E-state index is 13.6. The lowest BCUT2D eigenvalue weighted by molar-refractivity contribution is 0.0984. The maximum Gasteiger partial charge on any atom is 0.258 e. The van der Waals surface area contributed by atoms with Gasteiger partial charge in [0.15, 0.2) is 0 Å². The highest BCUT2D eigenvalue weighted by atomic mass is 16.2. The summed E-state index contributed by atoms with van der Waals surface area (Å²) >= 11 is 0. The summed E-state index contributed by atoms with van der Waals surface area (Å²) in [6.07, 6.45) is 8.05. The summed E-state index contributed by atoms with van der Waals surface area (Å²) in [5, 5.41) is 4.18. The summed E-state index contributed by atoms with van der Waals surface area (Å²) < 4.78 is 1.75. The molecule has 0 N–H and O–H groups in total. The second-order valence-electron chi connectivity index (χ2n) is 7.65. The van der Waals surface area contributed by atoms with Crippen molar-refractivity contribution in [2.24, 2.45) is 0 Å². The van der Waals surface area contributed by atoms with Crippen LogP contribution in [0.1, 0.15) is 47.2 Å². The van der Waals surface area contributed by atoms with Crippen molar-refractivity contribution in [3.63, 3.8) is 0 Å². The van der Waals surface area contributed by atoms with Crippen LogP contribution in [0, 0.1) is 0 Å². The van der Waals surface area contributed by atoms with E-state index in [-0.39, 0.29) is 11.3 Å². The summed E-state index contributed by atoms with van der Waals surface area (Å²) in [6, 6.07) is 16.3. The lowest BCUT2D eigenvalue weighted by Crippen LogP contribution is -2.36. The summed E-state index contributed by atoms with van der Waals surface area (Å²) in [7, 11) is 0. The number of fused-ring (bicyclic) bond motifs is 2. The summed E-state index contributed by atoms with van der Waals surface area (Å²) in [5.74, 6) is 0.0851. The topological polar surface area (TPSA) is 51.0 Å². The number of hydrogen-bond donors (Lipinski definition) is 0. The third-order valence-electron chi connectivity index (χ3n) is 6.08. The Labute approximate surface area is 158 Å². The second-order valence-corrected chi connectivity index (χ2v) is 7.65. The summed E-state index contributed by atoms with van der Waals surface area (Å²) in [6.45, 7) is 1.34. The first-order valence-electron chi connectivity index (χ1n) is 9.59. The molecule has 0 saturated heterocycles. The Morgan fingerprint density at radius 3 is 2.63 bits per heavy atom. The van der Waals surface area contributed by atoms with Gasteiger partial charge in [-0.1, -0.05) is 49.2 Å². The predicted octanol–water partition coefficient (Wildman–Crippen LogP) is 3.80. The van der Waals surface area contributed by atoms with E-state index in [1.807, 2.05) is 35.2 Å². The Morgan fingerprint density at radius 1 is 1.04 bits per heavy atom. The quantitative estimate of drug-likeness (QED) is 0.716. The number of hydrogen-bond acceptors (Lipinski definition) is 3. The van der Waals surface area contributed by atoms with E-state index in [1.165, 1.54) is 37.6 Å². The third kappa shape index (κ3) is 2.65. The fourth-order valence-corrected chi connectivity index (χ4v) is 4.79. The predicted molar refractivity (Wildman–Crippen MR) is 104 cm³/mol. The van der Waals surface area contributed by atoms with Gasteiger partial charge in [-0.25, -0.2) is 9.67 Å². The number of anilines is 1. The molecular formula is C22H22N4O. The van der Waals surface area contributed by atoms with E-state index < -0.39 is 0 Å². The summed E-state index contributed by atoms with van der Waals surface area (Å²) in [4.78, 5) is 19.6. The molecule has 136 valence electrons. The molecule has 1 aliphatic carbocycles. The first-order valence-corrected chi connectivity index (χ1v) is 9.59. The van der Waals surface area contributed by atoms with Crippen LogP contribution in [0.5, 0.6) is 0 Å². The van der Waals surface area contributed by atoms with E-state index >= 15 is 0 Å². The molecule has 3 aromatic rings. The van der Waals surface area contributed by atoms with Crippen LogP contribution in [0.25, 0.3) is 0 Å². The average molecular weight is 358 g/mol. The average Bonchev–Trinajstić information content (AvgIpc) is 3.45. The van der Waals surface area contributed by atoms with Crippen LogP contribution in [0.4, 0.5) is 5.69 Å². The van der Waals surface area contributed by atoms with Gasteiger partial charge in [0.1, 0.15) is 12.7 Å². The van der Waals surface area contributed by atoms with Crippen molar-refractivity contribution < 1.29 is 4.79 Å². The normalized spacial score (nSPS) is 17.4. The largest absolute Gasteiger partial charge is 0.307 e. The van der Waals surface area contributed by atoms with E-state index in [2.05, 4.69) is 28.3 Å². The molecule has 1 spiro atoms. The maximum absolute atomic E-state index is 13.6. The molecule has 1 saturated carbocycles. The molecule has 27 heavy (non-hydrogen) atoms. The van der Waals surface area contributed by atoms with Crippen molar-refractivity contribution in [3.05, 3.63) is 77.9 Å². The van der Waals surface area contributed by atoms with Crippen LogP contribution in [0.2, 0.25) is 0 Å². The number of nitrogens with zero attached hydrogens (tertiary/aromatic N) is 4. The summed E-state index contributed by atoms with van der Waals surface area (Å²) in [5.41, 5.74) is 4.30. The molecule has 1 fully saturated rings. The van der Waals surface area contributed by atoms with Gasteiger partial charge >= 0.3 is 0 Å². The van der Waals surface area contributed by atoms with E-state index in [4.69, 9.17) is 0 Å². The van der Waals surface area contributed by atoms with E-state index in [0.717, 1.165) is 23.4 Å². The molecule has 5 nitrogen and oxygen atoms in total. The van der Waals surface area contributed by atoms with Gasteiger partial charge in [-0.15, -0.1) is 0 Å². The monoisotopic (exact) mass is 358 g/mol. The van der Waals surface area contributed by atoms with Crippen molar-refractivity contribution in [1.29, 1.82) is 0 Å². The molecule has 0 unspecified atom stereocenters. The molecular weight excluding hydrogens is 336 g/mol. The van der Waals surface area contributed by atoms with Crippen LogP contribution in [0.3, 0.4) is 0 Å². The van der Waals surface area contributed by atoms with Gasteiger partial charge in [0.25, 0.3) is 5.91 Å². The van der Waals surface area contributed by atoms with Crippen molar-refractivity contribution in [2.45, 2.75) is 37.6 Å². The Kier molecular flexibility index (Phi) is 3.81. The SMILES string of the molecule is O=C(c1ccccc1Cn1cncn1)N1CC2(CCCC2)c2ccccc21. The van der Waals surface area contributed by atoms with Gasteiger partial charge in [-0.2, -0.15) is 5.10 Å². The minimum Gasteiger partial charge on any atom is -0.307 e. The zero-order chi connectivity index (χ0) is 18.3. The lowest BCUT2D eigenvalue weighted by atomic mass is 9.81. The zero-order valence-electron chi connectivity index (χ0n) is 15.2. The van der Waals surface area contributed by atoms with Gasteiger partial charge in [0, 0.05) is 23.2 Å². The highest BCUT2D eigenvalue weighted by Gasteiger charge is 2.46. The van der Waals surface area contributed by atoms with E-state index in [0.29, 0.717) is 6.54 Å². The number of rotatable bonds is 3. The Bertz CT molecular complexity index is 973. The Balaban J connectivity index is 1.52. The highest BCUT2D eigenvalue weighted by molar-refractivity contribution is 6.08. The molecule has 2 heterocycles. The first-order chi connectivity index (χ1) is 13.3.